The Balaban J connectivity index is 1.36. The molecule has 2 atom stereocenters. The Morgan fingerprint density at radius 3 is 2.62 bits per heavy atom. The summed E-state index contributed by atoms with van der Waals surface area (Å²) in [6.45, 7) is 0.624. The van der Waals surface area contributed by atoms with Crippen molar-refractivity contribution >= 4 is 11.5 Å². The average Bonchev–Trinajstić information content (AvgIpc) is 3.67. The Labute approximate surface area is 189 Å². The highest BCUT2D eigenvalue weighted by atomic mass is 19.1. The minimum atomic E-state index is -0.208. The van der Waals surface area contributed by atoms with Crippen molar-refractivity contribution in [1.82, 2.24) is 0 Å². The molecule has 170 valence electrons. The van der Waals surface area contributed by atoms with Crippen LogP contribution in [0.5, 0.6) is 11.5 Å². The number of halogens is 1. The molecule has 0 heterocycles. The zero-order chi connectivity index (χ0) is 22.5. The first-order valence-corrected chi connectivity index (χ1v) is 11.4. The van der Waals surface area contributed by atoms with Crippen molar-refractivity contribution in [2.24, 2.45) is 11.8 Å². The third-order valence-electron chi connectivity index (χ3n) is 6.62. The number of hydrogen-bond donors (Lipinski definition) is 0. The van der Waals surface area contributed by atoms with E-state index in [-0.39, 0.29) is 17.7 Å². The summed E-state index contributed by atoms with van der Waals surface area (Å²) in [7, 11) is 3.04. The lowest BCUT2D eigenvalue weighted by Crippen LogP contribution is -2.15. The highest BCUT2D eigenvalue weighted by Crippen LogP contribution is 2.45. The quantitative estimate of drug-likeness (QED) is 0.440. The Kier molecular flexibility index (Phi) is 7.13. The zero-order valence-electron chi connectivity index (χ0n) is 18.8. The Morgan fingerprint density at radius 2 is 1.94 bits per heavy atom. The third-order valence-corrected chi connectivity index (χ3v) is 6.62. The van der Waals surface area contributed by atoms with Gasteiger partial charge >= 0.3 is 5.97 Å². The van der Waals surface area contributed by atoms with Crippen LogP contribution in [0.2, 0.25) is 0 Å². The minimum absolute atomic E-state index is 0.162. The van der Waals surface area contributed by atoms with Gasteiger partial charge in [0.2, 0.25) is 0 Å². The minimum Gasteiger partial charge on any atom is -0.497 e. The number of rotatable bonds is 9. The number of esters is 1. The van der Waals surface area contributed by atoms with Crippen LogP contribution in [-0.4, -0.2) is 26.8 Å². The molecule has 32 heavy (non-hydrogen) atoms. The molecule has 1 saturated carbocycles. The number of benzene rings is 2. The summed E-state index contributed by atoms with van der Waals surface area (Å²) in [6.07, 6.45) is 7.51. The predicted molar refractivity (Wildman–Crippen MR) is 122 cm³/mol. The normalized spacial score (nSPS) is 19.1. The molecule has 0 spiro atoms. The first-order valence-electron chi connectivity index (χ1n) is 11.4. The first-order chi connectivity index (χ1) is 15.6. The lowest BCUT2D eigenvalue weighted by Gasteiger charge is -2.23. The molecular weight excluding hydrogens is 407 g/mol. The van der Waals surface area contributed by atoms with Crippen molar-refractivity contribution in [3.63, 3.8) is 0 Å². The summed E-state index contributed by atoms with van der Waals surface area (Å²) < 4.78 is 30.5. The van der Waals surface area contributed by atoms with Gasteiger partial charge in [0.05, 0.1) is 27.2 Å². The Morgan fingerprint density at radius 1 is 1.09 bits per heavy atom. The molecule has 0 saturated heterocycles. The molecule has 5 heteroatoms. The topological polar surface area (TPSA) is 44.8 Å². The summed E-state index contributed by atoms with van der Waals surface area (Å²) in [5, 5.41) is 0. The van der Waals surface area contributed by atoms with Crippen LogP contribution in [0.1, 0.15) is 55.6 Å². The van der Waals surface area contributed by atoms with Crippen LogP contribution in [0.3, 0.4) is 0 Å². The smallest absolute Gasteiger partial charge is 0.306 e. The molecule has 2 aromatic rings. The van der Waals surface area contributed by atoms with Crippen molar-refractivity contribution in [3.8, 4) is 11.5 Å². The fourth-order valence-electron chi connectivity index (χ4n) is 4.53. The van der Waals surface area contributed by atoms with Crippen molar-refractivity contribution in [2.75, 3.05) is 20.8 Å². The molecule has 0 N–H and O–H groups in total. The van der Waals surface area contributed by atoms with Crippen molar-refractivity contribution in [3.05, 3.63) is 65.5 Å². The van der Waals surface area contributed by atoms with Crippen LogP contribution in [0.25, 0.3) is 5.57 Å². The van der Waals surface area contributed by atoms with E-state index in [1.165, 1.54) is 13.2 Å². The highest BCUT2D eigenvalue weighted by molar-refractivity contribution is 5.70. The van der Waals surface area contributed by atoms with E-state index in [2.05, 4.69) is 18.2 Å². The summed E-state index contributed by atoms with van der Waals surface area (Å²) in [5.74, 6) is 2.29. The van der Waals surface area contributed by atoms with E-state index in [0.717, 1.165) is 49.0 Å². The van der Waals surface area contributed by atoms with E-state index < -0.39 is 0 Å². The maximum atomic E-state index is 14.3. The molecular formula is C27H31FO4. The average molecular weight is 439 g/mol. The second-order valence-corrected chi connectivity index (χ2v) is 8.82. The van der Waals surface area contributed by atoms with Crippen LogP contribution in [0.4, 0.5) is 4.39 Å². The predicted octanol–water partition coefficient (Wildman–Crippen LogP) is 6.15. The van der Waals surface area contributed by atoms with Gasteiger partial charge in [0, 0.05) is 5.56 Å². The van der Waals surface area contributed by atoms with E-state index in [4.69, 9.17) is 14.2 Å². The van der Waals surface area contributed by atoms with Gasteiger partial charge in [-0.15, -0.1) is 0 Å². The summed E-state index contributed by atoms with van der Waals surface area (Å²) in [5.41, 5.74) is 2.82. The van der Waals surface area contributed by atoms with Gasteiger partial charge in [0.1, 0.15) is 17.3 Å². The summed E-state index contributed by atoms with van der Waals surface area (Å²) >= 11 is 0. The molecule has 2 aromatic carbocycles. The van der Waals surface area contributed by atoms with Gasteiger partial charge in [-0.05, 0) is 91.3 Å². The van der Waals surface area contributed by atoms with Crippen molar-refractivity contribution in [2.45, 2.75) is 44.4 Å². The van der Waals surface area contributed by atoms with Gasteiger partial charge in [-0.2, -0.15) is 0 Å². The molecule has 0 bridgehead atoms. The van der Waals surface area contributed by atoms with E-state index in [1.54, 1.807) is 19.2 Å². The zero-order valence-corrected chi connectivity index (χ0v) is 18.8. The fourth-order valence-corrected chi connectivity index (χ4v) is 4.53. The highest BCUT2D eigenvalue weighted by Gasteiger charge is 2.34. The number of carbonyl (C=O) groups excluding carboxylic acids is 1. The molecule has 0 aliphatic heterocycles. The Bertz CT molecular complexity index is 979. The fraction of sp³-hybridized carbons (Fsp3) is 0.444. The van der Waals surface area contributed by atoms with Crippen LogP contribution in [0.15, 0.2) is 48.5 Å². The van der Waals surface area contributed by atoms with Gasteiger partial charge in [-0.1, -0.05) is 18.2 Å². The van der Waals surface area contributed by atoms with Crippen LogP contribution in [0, 0.1) is 17.7 Å². The third kappa shape index (κ3) is 5.50. The number of ether oxygens (including phenoxy) is 3. The molecule has 0 aromatic heterocycles. The molecule has 4 rings (SSSR count). The maximum absolute atomic E-state index is 14.3. The summed E-state index contributed by atoms with van der Waals surface area (Å²) in [4.78, 5) is 11.8. The molecule has 4 nitrogen and oxygen atoms in total. The number of methoxy groups -OCH3 is 2. The monoisotopic (exact) mass is 438 g/mol. The van der Waals surface area contributed by atoms with Gasteiger partial charge in [0.25, 0.3) is 0 Å². The molecule has 1 fully saturated rings. The number of hydrogen-bond acceptors (Lipinski definition) is 4. The molecule has 2 aliphatic rings. The van der Waals surface area contributed by atoms with E-state index in [0.29, 0.717) is 36.2 Å². The Hall–Kier alpha value is -2.82. The molecule has 1 unspecified atom stereocenters. The molecule has 2 aliphatic carbocycles. The van der Waals surface area contributed by atoms with Crippen molar-refractivity contribution < 1.29 is 23.4 Å². The van der Waals surface area contributed by atoms with E-state index in [9.17, 15) is 9.18 Å². The van der Waals surface area contributed by atoms with Crippen molar-refractivity contribution in [1.29, 1.82) is 0 Å². The summed E-state index contributed by atoms with van der Waals surface area (Å²) in [6, 6.07) is 13.0. The van der Waals surface area contributed by atoms with Gasteiger partial charge in [0.15, 0.2) is 0 Å². The van der Waals surface area contributed by atoms with Crippen LogP contribution < -0.4 is 9.47 Å². The lowest BCUT2D eigenvalue weighted by atomic mass is 9.87. The second kappa shape index (κ2) is 10.2. The SMILES string of the molecule is COC(=O)C[C@H](c1cccc(OCC2CC=C(c3cc(OC)ccc3F)CC2)c1)C1CC1. The van der Waals surface area contributed by atoms with Crippen LogP contribution >= 0.6 is 0 Å². The van der Waals surface area contributed by atoms with E-state index in [1.807, 2.05) is 12.1 Å². The van der Waals surface area contributed by atoms with Gasteiger partial charge < -0.3 is 14.2 Å². The maximum Gasteiger partial charge on any atom is 0.306 e. The molecule has 0 amide bonds. The van der Waals surface area contributed by atoms with Crippen LogP contribution in [-0.2, 0) is 9.53 Å². The van der Waals surface area contributed by atoms with Gasteiger partial charge in [-0.25, -0.2) is 4.39 Å². The van der Waals surface area contributed by atoms with E-state index >= 15 is 0 Å². The first kappa shape index (κ1) is 22.4. The van der Waals surface area contributed by atoms with Gasteiger partial charge in [-0.3, -0.25) is 4.79 Å². The standard InChI is InChI=1S/C27H31FO4/c1-30-22-12-13-26(28)25(15-22)20-8-6-18(7-9-20)17-32-23-5-3-4-21(14-23)24(19-10-11-19)16-27(29)31-2/h3-5,8,12-15,18-19,24H,6-7,9-11,16-17H2,1-2H3/t18?,24-/m0/s1. The number of allylic oxidation sites excluding steroid dienone is 2. The lowest BCUT2D eigenvalue weighted by molar-refractivity contribution is -0.141. The largest absolute Gasteiger partial charge is 0.497 e. The number of carbonyl (C=O) groups is 1. The molecule has 0 radical (unpaired) electrons. The second-order valence-electron chi connectivity index (χ2n) is 8.82.